The predicted molar refractivity (Wildman–Crippen MR) is 155 cm³/mol. The SMILES string of the molecule is O=C(CSc1nnc(CNC(=O)c2cc(Cl)ccc2Cl)n1-c1ccc(Cl)c(Cl)c1)Nc1cc(C(F)(F)F)ccc1Cl. The van der Waals surface area contributed by atoms with E-state index in [1.165, 1.54) is 16.7 Å². The Bertz CT molecular complexity index is 1630. The van der Waals surface area contributed by atoms with Crippen LogP contribution in [0.15, 0.2) is 59.8 Å². The number of thioether (sulfide) groups is 1. The van der Waals surface area contributed by atoms with Crippen LogP contribution >= 0.6 is 69.8 Å². The van der Waals surface area contributed by atoms with Crippen LogP contribution in [0.2, 0.25) is 25.1 Å². The Balaban J connectivity index is 1.55. The number of hydrogen-bond acceptors (Lipinski definition) is 5. The third kappa shape index (κ3) is 7.79. The zero-order valence-corrected chi connectivity index (χ0v) is 24.8. The molecule has 1 heterocycles. The summed E-state index contributed by atoms with van der Waals surface area (Å²) in [5.74, 6) is -1.17. The van der Waals surface area contributed by atoms with Gasteiger partial charge < -0.3 is 10.6 Å². The Morgan fingerprint density at radius 1 is 0.854 bits per heavy atom. The number of nitrogens with zero attached hydrogens (tertiary/aromatic N) is 3. The van der Waals surface area contributed by atoms with Crippen LogP contribution in [0.1, 0.15) is 21.7 Å². The molecule has 1 aromatic heterocycles. The number of halogens is 8. The Kier molecular flexibility index (Phi) is 9.99. The molecule has 0 aliphatic carbocycles. The van der Waals surface area contributed by atoms with Crippen molar-refractivity contribution < 1.29 is 22.8 Å². The summed E-state index contributed by atoms with van der Waals surface area (Å²) >= 11 is 31.3. The Morgan fingerprint density at radius 3 is 2.27 bits per heavy atom. The minimum absolute atomic E-state index is 0.0619. The lowest BCUT2D eigenvalue weighted by Gasteiger charge is -2.13. The van der Waals surface area contributed by atoms with Crippen LogP contribution in [-0.2, 0) is 17.5 Å². The summed E-state index contributed by atoms with van der Waals surface area (Å²) < 4.78 is 40.8. The van der Waals surface area contributed by atoms with Gasteiger partial charge in [-0.2, -0.15) is 13.2 Å². The van der Waals surface area contributed by atoms with Crippen molar-refractivity contribution in [1.29, 1.82) is 0 Å². The first-order valence-electron chi connectivity index (χ1n) is 11.3. The fourth-order valence-corrected chi connectivity index (χ4v) is 5.04. The van der Waals surface area contributed by atoms with Gasteiger partial charge in [0.1, 0.15) is 0 Å². The lowest BCUT2D eigenvalue weighted by atomic mass is 10.2. The summed E-state index contributed by atoms with van der Waals surface area (Å²) in [4.78, 5) is 25.4. The molecule has 0 spiro atoms. The van der Waals surface area contributed by atoms with Gasteiger partial charge in [-0.3, -0.25) is 14.2 Å². The molecule has 41 heavy (non-hydrogen) atoms. The van der Waals surface area contributed by atoms with Gasteiger partial charge in [-0.15, -0.1) is 10.2 Å². The number of benzene rings is 3. The van der Waals surface area contributed by atoms with Crippen molar-refractivity contribution in [2.24, 2.45) is 0 Å². The van der Waals surface area contributed by atoms with E-state index in [-0.39, 0.29) is 49.6 Å². The second-order valence-corrected chi connectivity index (χ2v) is 11.2. The molecule has 7 nitrogen and oxygen atoms in total. The second-order valence-electron chi connectivity index (χ2n) is 8.17. The van der Waals surface area contributed by atoms with Gasteiger partial charge in [-0.1, -0.05) is 69.8 Å². The van der Waals surface area contributed by atoms with Gasteiger partial charge in [0.05, 0.1) is 54.9 Å². The molecule has 16 heteroatoms. The molecule has 0 aliphatic heterocycles. The maximum absolute atomic E-state index is 13.1. The number of hydrogen-bond donors (Lipinski definition) is 2. The highest BCUT2D eigenvalue weighted by molar-refractivity contribution is 7.99. The summed E-state index contributed by atoms with van der Waals surface area (Å²) in [5, 5.41) is 14.5. The fraction of sp³-hybridized carbons (Fsp3) is 0.120. The van der Waals surface area contributed by atoms with Crippen LogP contribution < -0.4 is 10.6 Å². The van der Waals surface area contributed by atoms with Crippen molar-refractivity contribution >= 4 is 87.3 Å². The van der Waals surface area contributed by atoms with Crippen molar-refractivity contribution in [1.82, 2.24) is 20.1 Å². The van der Waals surface area contributed by atoms with E-state index in [2.05, 4.69) is 20.8 Å². The number of alkyl halides is 3. The van der Waals surface area contributed by atoms with Gasteiger partial charge in [0, 0.05) is 5.02 Å². The van der Waals surface area contributed by atoms with E-state index in [1.807, 2.05) is 0 Å². The fourth-order valence-electron chi connectivity index (χ4n) is 3.43. The molecule has 2 N–H and O–H groups in total. The third-order valence-electron chi connectivity index (χ3n) is 5.34. The topological polar surface area (TPSA) is 88.9 Å². The van der Waals surface area contributed by atoms with Gasteiger partial charge in [-0.25, -0.2) is 0 Å². The molecule has 214 valence electrons. The summed E-state index contributed by atoms with van der Waals surface area (Å²) in [6.07, 6.45) is -4.61. The summed E-state index contributed by atoms with van der Waals surface area (Å²) in [7, 11) is 0. The number of anilines is 1. The largest absolute Gasteiger partial charge is 0.416 e. The highest BCUT2D eigenvalue weighted by atomic mass is 35.5. The molecule has 0 unspecified atom stereocenters. The maximum atomic E-state index is 13.1. The number of amides is 2. The lowest BCUT2D eigenvalue weighted by Crippen LogP contribution is -2.25. The highest BCUT2D eigenvalue weighted by Gasteiger charge is 2.31. The van der Waals surface area contributed by atoms with Crippen molar-refractivity contribution in [2.45, 2.75) is 17.9 Å². The summed E-state index contributed by atoms with van der Waals surface area (Å²) in [6, 6.07) is 11.8. The normalized spacial score (nSPS) is 11.4. The highest BCUT2D eigenvalue weighted by Crippen LogP contribution is 2.34. The molecule has 0 saturated heterocycles. The molecule has 0 saturated carbocycles. The van der Waals surface area contributed by atoms with Crippen molar-refractivity contribution in [3.05, 3.63) is 96.7 Å². The average Bonchev–Trinajstić information content (AvgIpc) is 3.32. The van der Waals surface area contributed by atoms with Gasteiger partial charge in [0.15, 0.2) is 11.0 Å². The summed E-state index contributed by atoms with van der Waals surface area (Å²) in [6.45, 7) is -0.110. The first kappa shape index (κ1) is 31.3. The van der Waals surface area contributed by atoms with E-state index in [1.54, 1.807) is 24.3 Å². The quantitative estimate of drug-likeness (QED) is 0.183. The zero-order valence-electron chi connectivity index (χ0n) is 20.2. The van der Waals surface area contributed by atoms with E-state index in [4.69, 9.17) is 58.0 Å². The van der Waals surface area contributed by atoms with Crippen LogP contribution in [0.3, 0.4) is 0 Å². The second kappa shape index (κ2) is 13.1. The molecule has 3 aromatic carbocycles. The molecule has 4 aromatic rings. The van der Waals surface area contributed by atoms with Gasteiger partial charge >= 0.3 is 6.18 Å². The van der Waals surface area contributed by atoms with Gasteiger partial charge in [0.2, 0.25) is 5.91 Å². The number of aromatic nitrogens is 3. The van der Waals surface area contributed by atoms with Crippen LogP contribution in [0.5, 0.6) is 0 Å². The van der Waals surface area contributed by atoms with E-state index in [0.29, 0.717) is 15.7 Å². The molecule has 0 atom stereocenters. The number of rotatable bonds is 8. The molecule has 2 amide bonds. The number of carbonyl (C=O) groups is 2. The van der Waals surface area contributed by atoms with E-state index >= 15 is 0 Å². The van der Waals surface area contributed by atoms with E-state index in [9.17, 15) is 22.8 Å². The molecule has 0 bridgehead atoms. The van der Waals surface area contributed by atoms with Crippen LogP contribution in [0.4, 0.5) is 18.9 Å². The van der Waals surface area contributed by atoms with Gasteiger partial charge in [0.25, 0.3) is 5.91 Å². The lowest BCUT2D eigenvalue weighted by molar-refractivity contribution is -0.137. The Morgan fingerprint density at radius 2 is 1.56 bits per heavy atom. The summed E-state index contributed by atoms with van der Waals surface area (Å²) in [5.41, 5.74) is -0.534. The number of nitrogens with one attached hydrogen (secondary N) is 2. The van der Waals surface area contributed by atoms with Crippen molar-refractivity contribution in [3.8, 4) is 5.69 Å². The molecule has 4 rings (SSSR count). The Labute approximate surface area is 260 Å². The minimum Gasteiger partial charge on any atom is -0.345 e. The first-order valence-corrected chi connectivity index (χ1v) is 14.1. The third-order valence-corrected chi connectivity index (χ3v) is 7.90. The maximum Gasteiger partial charge on any atom is 0.416 e. The van der Waals surface area contributed by atoms with Gasteiger partial charge in [-0.05, 0) is 54.6 Å². The van der Waals surface area contributed by atoms with Crippen LogP contribution in [0.25, 0.3) is 5.69 Å². The van der Waals surface area contributed by atoms with E-state index < -0.39 is 23.6 Å². The molecule has 0 fully saturated rings. The molecule has 0 aliphatic rings. The average molecular weight is 684 g/mol. The zero-order chi connectivity index (χ0) is 29.9. The standard InChI is InChI=1S/C25H15Cl5F3N5O2S/c26-13-2-5-16(27)15(8-13)23(40)34-10-21-36-37-24(38(21)14-3-6-17(28)19(30)9-14)41-11-22(39)35-20-7-12(25(31,32)33)1-4-18(20)29/h1-9H,10-11H2,(H,34,40)(H,35,39). The number of carbonyl (C=O) groups excluding carboxylic acids is 2. The van der Waals surface area contributed by atoms with E-state index in [0.717, 1.165) is 30.0 Å². The Hall–Kier alpha value is -2.67. The molecular formula is C25H15Cl5F3N5O2S. The van der Waals surface area contributed by atoms with Crippen LogP contribution in [0, 0.1) is 0 Å². The predicted octanol–water partition coefficient (Wildman–Crippen LogP) is 8.21. The van der Waals surface area contributed by atoms with Crippen LogP contribution in [-0.4, -0.2) is 32.3 Å². The van der Waals surface area contributed by atoms with Crippen molar-refractivity contribution in [3.63, 3.8) is 0 Å². The first-order chi connectivity index (χ1) is 19.3. The minimum atomic E-state index is -4.61. The smallest absolute Gasteiger partial charge is 0.345 e. The molecule has 0 radical (unpaired) electrons. The molecular weight excluding hydrogens is 669 g/mol. The monoisotopic (exact) mass is 681 g/mol. The van der Waals surface area contributed by atoms with Crippen molar-refractivity contribution in [2.75, 3.05) is 11.1 Å².